The summed E-state index contributed by atoms with van der Waals surface area (Å²) in [7, 11) is 0. The van der Waals surface area contributed by atoms with Gasteiger partial charge in [0.15, 0.2) is 75.7 Å². The van der Waals surface area contributed by atoms with Crippen LogP contribution in [-0.4, -0.2) is 212 Å². The molecule has 0 aromatic carbocycles. The molecule has 7 saturated heterocycles. The second kappa shape index (κ2) is 23.8. The smallest absolute Gasteiger partial charge is 0.325 e. The summed E-state index contributed by atoms with van der Waals surface area (Å²) in [4.78, 5) is 115. The predicted octanol–water partition coefficient (Wildman–Crippen LogP) is -2.11. The molecule has 7 aliphatic rings. The summed E-state index contributed by atoms with van der Waals surface area (Å²) < 4.78 is 91.8. The molecule has 50 heteroatoms. The maximum absolute atomic E-state index is 16.0. The first kappa shape index (κ1) is 65.0. The van der Waals surface area contributed by atoms with Crippen molar-refractivity contribution in [2.24, 2.45) is 0 Å². The van der Waals surface area contributed by atoms with Crippen molar-refractivity contribution in [3.05, 3.63) is 58.7 Å². The number of rotatable bonds is 4. The van der Waals surface area contributed by atoms with Gasteiger partial charge in [-0.05, 0) is 47.2 Å². The zero-order valence-corrected chi connectivity index (χ0v) is 54.0. The fraction of sp³-hybridized carbons (Fsp3) is 0.488. The number of alkyl halides is 1. The molecular weight excluding hydrogens is 1420 g/mol. The number of anilines is 4. The number of terminal acetylenes is 1. The third-order valence-electron chi connectivity index (χ3n) is 15.7. The number of aliphatic hydroxyl groups is 2. The summed E-state index contributed by atoms with van der Waals surface area (Å²) in [6, 6.07) is 0. The van der Waals surface area contributed by atoms with Crippen LogP contribution in [0.15, 0.2) is 47.6 Å². The van der Waals surface area contributed by atoms with Crippen LogP contribution in [0.1, 0.15) is 24.1 Å². The SMILES string of the molecule is C#C[C@@]12COP(O)(=S)O[C@@H]3[C@H](F)[C@@H](COP(O)(=S)O[C@H]1[C@@H](O)[C@H](n1cnc4c(N)ncnc41)O2)O[C@H]3n1cnc2c(=O)[nH]c(N)nc21.Nc1nc2c(ncn2[C@@H]2S[C@@H]3COP(O)(=S)O[C@H]4[C@H]5OC[C@]4(COP(O)(=S)O[C@@H]2[C@@H]3O)O[C@H]5n2cnc3c(N)ncnc32)c(=O)[nH]1. The Balaban J connectivity index is 0.000000161. The third-order valence-corrected chi connectivity index (χ3v) is 23.4. The predicted molar refractivity (Wildman–Crippen MR) is 329 cm³/mol. The Labute approximate surface area is 541 Å². The molecule has 93 heavy (non-hydrogen) atoms. The van der Waals surface area contributed by atoms with Gasteiger partial charge in [0.1, 0.15) is 77.4 Å². The summed E-state index contributed by atoms with van der Waals surface area (Å²) in [5, 5.41) is 21.1. The number of aliphatic hydroxyl groups excluding tert-OH is 2. The lowest BCUT2D eigenvalue weighted by Gasteiger charge is -2.33. The summed E-state index contributed by atoms with van der Waals surface area (Å²) >= 11 is 22.4. The van der Waals surface area contributed by atoms with Crippen LogP contribution >= 0.6 is 38.6 Å². The quantitative estimate of drug-likeness (QED) is 0.0662. The molecule has 4 unspecified atom stereocenters. The first-order valence-electron chi connectivity index (χ1n) is 26.8. The number of aromatic nitrogens is 16. The molecule has 0 spiro atoms. The van der Waals surface area contributed by atoms with E-state index >= 15 is 4.39 Å². The van der Waals surface area contributed by atoms with Crippen molar-refractivity contribution in [3.63, 3.8) is 0 Å². The second-order valence-electron chi connectivity index (χ2n) is 21.4. The molecule has 7 aliphatic heterocycles. The molecule has 8 aromatic rings. The van der Waals surface area contributed by atoms with Crippen LogP contribution in [0.2, 0.25) is 0 Å². The number of halogens is 1. The van der Waals surface area contributed by atoms with E-state index in [2.05, 4.69) is 65.7 Å². The Hall–Kier alpha value is -5.28. The Bertz CT molecular complexity index is 4710. The van der Waals surface area contributed by atoms with Crippen molar-refractivity contribution < 1.29 is 89.3 Å². The van der Waals surface area contributed by atoms with Gasteiger partial charge in [-0.3, -0.25) is 55.9 Å². The minimum atomic E-state index is -4.46. The molecule has 15 heterocycles. The van der Waals surface area contributed by atoms with Gasteiger partial charge in [-0.1, -0.05) is 5.92 Å². The van der Waals surface area contributed by atoms with Crippen LogP contribution in [0, 0.1) is 12.3 Å². The number of fused-ring (bicyclic) bond motifs is 9. The summed E-state index contributed by atoms with van der Waals surface area (Å²) in [6.45, 7) is -19.4. The Morgan fingerprint density at radius 3 is 1.73 bits per heavy atom. The van der Waals surface area contributed by atoms with E-state index in [0.29, 0.717) is 11.2 Å². The highest BCUT2D eigenvalue weighted by Crippen LogP contribution is 2.61. The molecular formula is C43H47FN20O20P4S5. The normalized spacial score (nSPS) is 38.8. The average molecular weight is 1470 g/mol. The maximum Gasteiger partial charge on any atom is 0.325 e. The standard InChI is InChI=1S/C22H23FN10O10P2S2.C21H24N10O10P2S3/c1-2-22-4-39-45(37,47)42-13-9(23)8(40-20(13)33-7-29-11-17(33)30-21(25)31-18(11)35)3-38-44(36,46)43-14(22)12(34)19(41-22)32-6-28-10-15(24)26-5-27-16(10)32;22-14-8-15(25-4-24-14)30(5-26-8)18-12-13-21(39-18,2-36-12)3-38-43(35,45)40-11-10(32)7(1-37-42(34,44)41-13)46-19(11)31-6-27-9-16(31)28-20(23)29-17(9)33/h1,5-9,12-14,19-20,34H,3-4H2,(H,36,46)(H,37,47)(H2,24,26,27)(H3,25,30,31,35);4-7,10-13,18-19,32H,1-3H2,(H,34,44)(H,35,45)(H2,22,24,25)(H3,23,28,29,33)/t8-,9-,12-,13-,14+,19-,20-,22-,44?,45?;7-,10-,11-,12-,13+,18-,19-,21-,42?,43?/m11/s1. The van der Waals surface area contributed by atoms with Crippen LogP contribution in [0.25, 0.3) is 44.7 Å². The van der Waals surface area contributed by atoms with Gasteiger partial charge in [0, 0.05) is 0 Å². The number of nitrogens with two attached hydrogens (primary N) is 4. The molecule has 0 radical (unpaired) electrons. The molecule has 7 fully saturated rings. The summed E-state index contributed by atoms with van der Waals surface area (Å²) in [5.74, 6) is 2.11. The molecule has 15 rings (SSSR count). The van der Waals surface area contributed by atoms with Crippen molar-refractivity contribution in [3.8, 4) is 12.3 Å². The van der Waals surface area contributed by atoms with Gasteiger partial charge in [0.2, 0.25) is 11.9 Å². The fourth-order valence-electron chi connectivity index (χ4n) is 11.4. The lowest BCUT2D eigenvalue weighted by atomic mass is 9.97. The number of imidazole rings is 4. The van der Waals surface area contributed by atoms with Crippen LogP contribution < -0.4 is 34.1 Å². The molecule has 8 aromatic heterocycles. The molecule has 0 aliphatic carbocycles. The van der Waals surface area contributed by atoms with Crippen molar-refractivity contribution in [1.82, 2.24) is 78.1 Å². The Morgan fingerprint density at radius 1 is 0.602 bits per heavy atom. The van der Waals surface area contributed by atoms with Gasteiger partial charge in [-0.15, -0.1) is 18.2 Å². The van der Waals surface area contributed by atoms with Gasteiger partial charge in [0.25, 0.3) is 11.1 Å². The number of aromatic amines is 2. The molecule has 0 saturated carbocycles. The largest absolute Gasteiger partial charge is 0.389 e. The molecule has 16 N–H and O–H groups in total. The number of H-pyrrole nitrogens is 2. The average Bonchev–Trinajstić information content (AvgIpc) is 1.62. The molecule has 20 atom stereocenters. The van der Waals surface area contributed by atoms with E-state index in [4.69, 9.17) is 132 Å². The third kappa shape index (κ3) is 11.6. The van der Waals surface area contributed by atoms with E-state index in [9.17, 15) is 39.4 Å². The first-order valence-corrected chi connectivity index (χ1v) is 38.1. The van der Waals surface area contributed by atoms with E-state index in [1.165, 1.54) is 40.8 Å². The van der Waals surface area contributed by atoms with Gasteiger partial charge >= 0.3 is 26.9 Å². The van der Waals surface area contributed by atoms with Gasteiger partial charge in [-0.2, -0.15) is 9.97 Å². The highest BCUT2D eigenvalue weighted by molar-refractivity contribution is 8.08. The van der Waals surface area contributed by atoms with Crippen molar-refractivity contribution in [1.29, 1.82) is 0 Å². The van der Waals surface area contributed by atoms with E-state index in [1.807, 2.05) is 0 Å². The van der Waals surface area contributed by atoms with Crippen molar-refractivity contribution >= 4 is 154 Å². The fourth-order valence-corrected chi connectivity index (χ4v) is 18.9. The number of ether oxygens (including phenoxy) is 4. The maximum atomic E-state index is 16.0. The number of nitrogens with zero attached hydrogens (tertiary/aromatic N) is 14. The van der Waals surface area contributed by atoms with Crippen molar-refractivity contribution in [2.75, 3.05) is 56.0 Å². The molecule has 0 amide bonds. The second-order valence-corrected chi connectivity index (χ2v) is 33.9. The highest BCUT2D eigenvalue weighted by atomic mass is 32.5. The Morgan fingerprint density at radius 2 is 1.12 bits per heavy atom. The van der Waals surface area contributed by atoms with E-state index < -0.39 is 153 Å². The number of hydrogen-bond donors (Lipinski definition) is 12. The monoisotopic (exact) mass is 1470 g/mol. The number of nitrogen functional groups attached to an aromatic ring is 4. The minimum Gasteiger partial charge on any atom is -0.389 e. The van der Waals surface area contributed by atoms with Crippen LogP contribution in [-0.2, 0) is 102 Å². The topological polar surface area (TPSA) is 551 Å². The summed E-state index contributed by atoms with van der Waals surface area (Å²) in [5.41, 5.74) is 19.4. The zero-order valence-electron chi connectivity index (χ0n) is 46.3. The molecule has 6 bridgehead atoms. The molecule has 496 valence electrons. The first-order chi connectivity index (χ1) is 44.1. The number of nitrogens with one attached hydrogen (secondary N) is 2. The lowest BCUT2D eigenvalue weighted by molar-refractivity contribution is -0.183. The lowest BCUT2D eigenvalue weighted by Crippen LogP contribution is -2.47. The van der Waals surface area contributed by atoms with Gasteiger partial charge in [0.05, 0.1) is 69.7 Å². The van der Waals surface area contributed by atoms with E-state index in [-0.39, 0.29) is 70.2 Å². The Kier molecular flexibility index (Phi) is 16.6. The van der Waals surface area contributed by atoms with E-state index in [1.54, 1.807) is 4.57 Å². The van der Waals surface area contributed by atoms with Crippen LogP contribution in [0.3, 0.4) is 0 Å². The summed E-state index contributed by atoms with van der Waals surface area (Å²) in [6.07, 6.45) is -3.49. The highest BCUT2D eigenvalue weighted by Gasteiger charge is 2.66. The number of thioether (sulfide) groups is 1. The minimum absolute atomic E-state index is 0.00947. The molecule has 40 nitrogen and oxygen atoms in total. The van der Waals surface area contributed by atoms with Gasteiger partial charge < -0.3 is 89.8 Å². The van der Waals surface area contributed by atoms with Crippen LogP contribution in [0.5, 0.6) is 0 Å². The van der Waals surface area contributed by atoms with E-state index in [0.717, 1.165) is 22.7 Å². The van der Waals surface area contributed by atoms with Gasteiger partial charge in [-0.25, -0.2) is 44.3 Å². The van der Waals surface area contributed by atoms with Crippen molar-refractivity contribution in [2.45, 2.75) is 95.5 Å². The number of hydrogen-bond acceptors (Lipinski definition) is 35. The zero-order chi connectivity index (χ0) is 65.6. The van der Waals surface area contributed by atoms with Crippen LogP contribution in [0.4, 0.5) is 27.9 Å².